The highest BCUT2D eigenvalue weighted by Crippen LogP contribution is 2.47. The molecule has 0 aromatic rings. The van der Waals surface area contributed by atoms with Crippen LogP contribution in [0, 0.1) is 11.3 Å². The van der Waals surface area contributed by atoms with Crippen LogP contribution in [0.1, 0.15) is 59.3 Å². The van der Waals surface area contributed by atoms with Crippen molar-refractivity contribution in [3.8, 4) is 0 Å². The number of hydrogen-bond acceptors (Lipinski definition) is 3. The number of ether oxygens (including phenoxy) is 1. The summed E-state index contributed by atoms with van der Waals surface area (Å²) >= 11 is 0. The Labute approximate surface area is 181 Å². The third-order valence-corrected chi connectivity index (χ3v) is 6.08. The average Bonchev–Trinajstić information content (AvgIpc) is 3.00. The molecular weight excluding hydrogens is 455 g/mol. The number of aliphatic imine (C=N–C) groups is 1. The van der Waals surface area contributed by atoms with Crippen LogP contribution in [0.2, 0.25) is 0 Å². The minimum absolute atomic E-state index is 0. The molecule has 2 aliphatic heterocycles. The van der Waals surface area contributed by atoms with Gasteiger partial charge in [-0.2, -0.15) is 0 Å². The maximum absolute atomic E-state index is 12.3. The van der Waals surface area contributed by atoms with Crippen molar-refractivity contribution in [1.82, 2.24) is 15.1 Å². The second-order valence-electron chi connectivity index (χ2n) is 9.39. The quantitative estimate of drug-likeness (QED) is 0.363. The SMILES string of the molecule is CN=C(NCC1CCCN(C(=O)OC(C)(C)C)C1)N1CCC2(CCC2)C1.I. The van der Waals surface area contributed by atoms with E-state index < -0.39 is 5.60 Å². The summed E-state index contributed by atoms with van der Waals surface area (Å²) in [5.41, 5.74) is 0.146. The molecule has 1 saturated carbocycles. The number of carbonyl (C=O) groups is 1. The van der Waals surface area contributed by atoms with Gasteiger partial charge >= 0.3 is 6.09 Å². The molecule has 0 aromatic carbocycles. The van der Waals surface area contributed by atoms with Crippen LogP contribution >= 0.6 is 24.0 Å². The summed E-state index contributed by atoms with van der Waals surface area (Å²) in [5.74, 6) is 1.48. The third-order valence-electron chi connectivity index (χ3n) is 6.08. The lowest BCUT2D eigenvalue weighted by Gasteiger charge is -2.38. The summed E-state index contributed by atoms with van der Waals surface area (Å²) in [7, 11) is 1.88. The molecule has 0 bridgehead atoms. The van der Waals surface area contributed by atoms with Gasteiger partial charge in [0, 0.05) is 39.8 Å². The van der Waals surface area contributed by atoms with E-state index in [0.717, 1.165) is 51.5 Å². The zero-order valence-electron chi connectivity index (χ0n) is 17.4. The highest BCUT2D eigenvalue weighted by Gasteiger charge is 2.43. The molecule has 3 fully saturated rings. The summed E-state index contributed by atoms with van der Waals surface area (Å²) in [6.45, 7) is 10.5. The van der Waals surface area contributed by atoms with E-state index in [0.29, 0.717) is 11.3 Å². The fraction of sp³-hybridized carbons (Fsp3) is 0.900. The first-order valence-corrected chi connectivity index (χ1v) is 10.2. The fourth-order valence-electron chi connectivity index (χ4n) is 4.49. The number of likely N-dealkylation sites (tertiary alicyclic amines) is 2. The van der Waals surface area contributed by atoms with Gasteiger partial charge in [0.05, 0.1) is 0 Å². The normalized spacial score (nSPS) is 25.0. The van der Waals surface area contributed by atoms with Crippen LogP contribution in [0.3, 0.4) is 0 Å². The number of carbonyl (C=O) groups excluding carboxylic acids is 1. The Morgan fingerprint density at radius 2 is 1.93 bits per heavy atom. The third kappa shape index (κ3) is 5.87. The number of piperidine rings is 1. The molecule has 6 nitrogen and oxygen atoms in total. The molecule has 7 heteroatoms. The zero-order chi connectivity index (χ0) is 18.8. The van der Waals surface area contributed by atoms with Gasteiger partial charge in [0.25, 0.3) is 0 Å². The number of amides is 1. The van der Waals surface area contributed by atoms with Gasteiger partial charge < -0.3 is 19.9 Å². The van der Waals surface area contributed by atoms with Crippen molar-refractivity contribution in [3.63, 3.8) is 0 Å². The standard InChI is InChI=1S/C20H36N4O2.HI/c1-19(2,3)26-18(25)23-11-5-7-16(14-23)13-22-17(21-4)24-12-10-20(15-24)8-6-9-20;/h16H,5-15H2,1-4H3,(H,21,22);1H. The maximum Gasteiger partial charge on any atom is 0.410 e. The van der Waals surface area contributed by atoms with Gasteiger partial charge in [-0.05, 0) is 64.2 Å². The topological polar surface area (TPSA) is 57.2 Å². The molecule has 1 amide bonds. The van der Waals surface area contributed by atoms with Crippen molar-refractivity contribution in [3.05, 3.63) is 0 Å². The lowest BCUT2D eigenvalue weighted by atomic mass is 9.68. The second kappa shape index (κ2) is 9.18. The lowest BCUT2D eigenvalue weighted by Crippen LogP contribution is -2.48. The average molecular weight is 492 g/mol. The smallest absolute Gasteiger partial charge is 0.410 e. The monoisotopic (exact) mass is 492 g/mol. The highest BCUT2D eigenvalue weighted by atomic mass is 127. The van der Waals surface area contributed by atoms with E-state index in [-0.39, 0.29) is 30.1 Å². The van der Waals surface area contributed by atoms with Crippen LogP contribution in [0.15, 0.2) is 4.99 Å². The Bertz CT molecular complexity index is 543. The summed E-state index contributed by atoms with van der Waals surface area (Å²) < 4.78 is 5.53. The van der Waals surface area contributed by atoms with Crippen molar-refractivity contribution in [1.29, 1.82) is 0 Å². The fourth-order valence-corrected chi connectivity index (χ4v) is 4.49. The van der Waals surface area contributed by atoms with E-state index in [2.05, 4.69) is 15.2 Å². The summed E-state index contributed by atoms with van der Waals surface area (Å²) in [5, 5.41) is 3.57. The Kier molecular flexibility index (Phi) is 7.67. The number of nitrogens with zero attached hydrogens (tertiary/aromatic N) is 3. The summed E-state index contributed by atoms with van der Waals surface area (Å²) in [6, 6.07) is 0. The van der Waals surface area contributed by atoms with Crippen LogP contribution in [0.5, 0.6) is 0 Å². The molecular formula is C20H37IN4O2. The van der Waals surface area contributed by atoms with Gasteiger partial charge in [-0.25, -0.2) is 4.79 Å². The van der Waals surface area contributed by atoms with E-state index >= 15 is 0 Å². The number of nitrogens with one attached hydrogen (secondary N) is 1. The Morgan fingerprint density at radius 1 is 1.19 bits per heavy atom. The molecule has 1 spiro atoms. The second-order valence-corrected chi connectivity index (χ2v) is 9.39. The molecule has 1 atom stereocenters. The van der Waals surface area contributed by atoms with Gasteiger partial charge in [0.2, 0.25) is 0 Å². The molecule has 156 valence electrons. The van der Waals surface area contributed by atoms with Crippen LogP contribution < -0.4 is 5.32 Å². The first-order chi connectivity index (χ1) is 12.3. The first-order valence-electron chi connectivity index (χ1n) is 10.2. The van der Waals surface area contributed by atoms with Crippen LogP contribution in [-0.2, 0) is 4.74 Å². The van der Waals surface area contributed by atoms with E-state index in [1.54, 1.807) is 0 Å². The van der Waals surface area contributed by atoms with Crippen LogP contribution in [0.4, 0.5) is 4.79 Å². The molecule has 0 aromatic heterocycles. The molecule has 3 aliphatic rings. The Morgan fingerprint density at radius 3 is 2.48 bits per heavy atom. The lowest BCUT2D eigenvalue weighted by molar-refractivity contribution is 0.0168. The van der Waals surface area contributed by atoms with E-state index in [1.807, 2.05) is 32.7 Å². The minimum atomic E-state index is -0.433. The van der Waals surface area contributed by atoms with E-state index in [1.165, 1.54) is 25.7 Å². The van der Waals surface area contributed by atoms with Gasteiger partial charge in [-0.1, -0.05) is 6.42 Å². The highest BCUT2D eigenvalue weighted by molar-refractivity contribution is 14.0. The molecule has 3 rings (SSSR count). The molecule has 1 aliphatic carbocycles. The molecule has 0 radical (unpaired) electrons. The van der Waals surface area contributed by atoms with Gasteiger partial charge in [-0.3, -0.25) is 4.99 Å². The van der Waals surface area contributed by atoms with Crippen molar-refractivity contribution < 1.29 is 9.53 Å². The van der Waals surface area contributed by atoms with E-state index in [9.17, 15) is 4.79 Å². The first kappa shape index (κ1) is 22.6. The number of halogens is 1. The van der Waals surface area contributed by atoms with Crippen LogP contribution in [-0.4, -0.2) is 67.2 Å². The number of rotatable bonds is 2. The Hall–Kier alpha value is -0.730. The summed E-state index contributed by atoms with van der Waals surface area (Å²) in [6.07, 6.45) is 7.47. The number of hydrogen-bond donors (Lipinski definition) is 1. The molecule has 1 unspecified atom stereocenters. The van der Waals surface area contributed by atoms with Crippen molar-refractivity contribution >= 4 is 36.0 Å². The largest absolute Gasteiger partial charge is 0.444 e. The van der Waals surface area contributed by atoms with Crippen molar-refractivity contribution in [2.75, 3.05) is 39.8 Å². The predicted octanol–water partition coefficient (Wildman–Crippen LogP) is 3.70. The van der Waals surface area contributed by atoms with Crippen LogP contribution in [0.25, 0.3) is 0 Å². The Balaban J connectivity index is 0.00000261. The number of guanidine groups is 1. The molecule has 2 heterocycles. The zero-order valence-corrected chi connectivity index (χ0v) is 19.8. The predicted molar refractivity (Wildman–Crippen MR) is 120 cm³/mol. The molecule has 1 N–H and O–H groups in total. The van der Waals surface area contributed by atoms with Crippen molar-refractivity contribution in [2.24, 2.45) is 16.3 Å². The van der Waals surface area contributed by atoms with E-state index in [4.69, 9.17) is 4.74 Å². The van der Waals surface area contributed by atoms with Gasteiger partial charge in [0.1, 0.15) is 5.60 Å². The minimum Gasteiger partial charge on any atom is -0.444 e. The molecule has 27 heavy (non-hydrogen) atoms. The van der Waals surface area contributed by atoms with Crippen molar-refractivity contribution in [2.45, 2.75) is 64.9 Å². The summed E-state index contributed by atoms with van der Waals surface area (Å²) in [4.78, 5) is 21.1. The van der Waals surface area contributed by atoms with Gasteiger partial charge in [-0.15, -0.1) is 24.0 Å². The maximum atomic E-state index is 12.3. The molecule has 2 saturated heterocycles. The van der Waals surface area contributed by atoms with Gasteiger partial charge in [0.15, 0.2) is 5.96 Å².